The van der Waals surface area contributed by atoms with Crippen molar-refractivity contribution in [1.82, 2.24) is 0 Å². The van der Waals surface area contributed by atoms with Gasteiger partial charge >= 0.3 is 17.9 Å². The van der Waals surface area contributed by atoms with Gasteiger partial charge in [-0.3, -0.25) is 9.59 Å². The van der Waals surface area contributed by atoms with E-state index in [0.717, 1.165) is 70.6 Å². The minimum atomic E-state index is -0.889. The van der Waals surface area contributed by atoms with Crippen LogP contribution in [0.3, 0.4) is 0 Å². The number of ether oxygens (including phenoxy) is 3. The van der Waals surface area contributed by atoms with Crippen molar-refractivity contribution < 1.29 is 38.2 Å². The third-order valence-electron chi connectivity index (χ3n) is 9.09. The first-order valence-corrected chi connectivity index (χ1v) is 21.5. The van der Waals surface area contributed by atoms with Crippen LogP contribution in [0.15, 0.2) is 72.9 Å². The van der Waals surface area contributed by atoms with Crippen molar-refractivity contribution in [2.45, 2.75) is 167 Å². The lowest BCUT2D eigenvalue weighted by Gasteiger charge is -2.31. The van der Waals surface area contributed by atoms with Gasteiger partial charge in [-0.1, -0.05) is 132 Å². The average molecular weight is 771 g/mol. The monoisotopic (exact) mass is 771 g/mol. The van der Waals surface area contributed by atoms with Gasteiger partial charge in [0.2, 0.25) is 0 Å². The number of hydrogen-bond acceptors (Lipinski definition) is 6. The lowest BCUT2D eigenvalue weighted by molar-refractivity contribution is -0.887. The first kappa shape index (κ1) is 51.8. The zero-order valence-corrected chi connectivity index (χ0v) is 35.6. The summed E-state index contributed by atoms with van der Waals surface area (Å²) in [5.74, 6) is -1.57. The molecule has 0 bridgehead atoms. The molecule has 0 aromatic rings. The molecule has 314 valence electrons. The predicted molar refractivity (Wildman–Crippen MR) is 229 cm³/mol. The van der Waals surface area contributed by atoms with Gasteiger partial charge in [-0.05, 0) is 77.0 Å². The number of allylic oxidation sites excluding steroid dienone is 12. The minimum Gasteiger partial charge on any atom is -0.477 e. The summed E-state index contributed by atoms with van der Waals surface area (Å²) in [6, 6.07) is -0.629. The van der Waals surface area contributed by atoms with E-state index in [1.54, 1.807) is 0 Å². The van der Waals surface area contributed by atoms with Crippen LogP contribution in [-0.2, 0) is 28.6 Å². The third-order valence-corrected chi connectivity index (χ3v) is 9.09. The SMILES string of the molecule is CC/C=C/C/C=C/C/C=C/C/C=C/C/C=C/CCCC(=O)OC(COCCC(C(=O)O)[N+](C)(C)C)COC(=O)CCCCC/C=C/CCCCCCCCC. The number of quaternary nitrogens is 1. The minimum absolute atomic E-state index is 0.0302. The van der Waals surface area contributed by atoms with E-state index < -0.39 is 18.1 Å². The molecular formula is C47H80NO7+. The normalized spacial score (nSPS) is 13.7. The number of aliphatic carboxylic acids is 1. The smallest absolute Gasteiger partial charge is 0.362 e. The molecule has 0 saturated carbocycles. The summed E-state index contributed by atoms with van der Waals surface area (Å²) < 4.78 is 17.2. The van der Waals surface area contributed by atoms with Gasteiger partial charge in [-0.15, -0.1) is 0 Å². The molecule has 0 fully saturated rings. The Hall–Kier alpha value is -3.23. The van der Waals surface area contributed by atoms with E-state index in [-0.39, 0.29) is 42.7 Å². The van der Waals surface area contributed by atoms with Gasteiger partial charge in [0, 0.05) is 19.3 Å². The van der Waals surface area contributed by atoms with E-state index in [9.17, 15) is 19.5 Å². The van der Waals surface area contributed by atoms with Crippen LogP contribution in [0.25, 0.3) is 0 Å². The van der Waals surface area contributed by atoms with Gasteiger partial charge in [0.15, 0.2) is 12.1 Å². The van der Waals surface area contributed by atoms with Gasteiger partial charge in [0.25, 0.3) is 0 Å². The van der Waals surface area contributed by atoms with Gasteiger partial charge in [-0.2, -0.15) is 0 Å². The highest BCUT2D eigenvalue weighted by atomic mass is 16.6. The number of carbonyl (C=O) groups is 3. The van der Waals surface area contributed by atoms with Crippen molar-refractivity contribution in [3.8, 4) is 0 Å². The Balaban J connectivity index is 4.51. The molecule has 2 atom stereocenters. The quantitative estimate of drug-likeness (QED) is 0.0291. The highest BCUT2D eigenvalue weighted by Gasteiger charge is 2.31. The Morgan fingerprint density at radius 3 is 1.58 bits per heavy atom. The molecule has 8 nitrogen and oxygen atoms in total. The van der Waals surface area contributed by atoms with Crippen LogP contribution < -0.4 is 0 Å². The molecule has 0 rings (SSSR count). The molecular weight excluding hydrogens is 691 g/mol. The fourth-order valence-electron chi connectivity index (χ4n) is 5.77. The van der Waals surface area contributed by atoms with E-state index in [1.807, 2.05) is 21.1 Å². The van der Waals surface area contributed by atoms with Crippen molar-refractivity contribution >= 4 is 17.9 Å². The highest BCUT2D eigenvalue weighted by Crippen LogP contribution is 2.12. The lowest BCUT2D eigenvalue weighted by atomic mass is 10.1. The van der Waals surface area contributed by atoms with Crippen LogP contribution in [0.1, 0.15) is 155 Å². The number of carboxylic acids is 1. The molecule has 0 aromatic carbocycles. The van der Waals surface area contributed by atoms with E-state index >= 15 is 0 Å². The van der Waals surface area contributed by atoms with Gasteiger partial charge in [0.1, 0.15) is 6.61 Å². The number of nitrogens with zero attached hydrogens (tertiary/aromatic N) is 1. The summed E-state index contributed by atoms with van der Waals surface area (Å²) in [6.07, 6.45) is 46.7. The maximum absolute atomic E-state index is 12.7. The Labute approximate surface area is 336 Å². The summed E-state index contributed by atoms with van der Waals surface area (Å²) in [6.45, 7) is 4.52. The summed E-state index contributed by atoms with van der Waals surface area (Å²) >= 11 is 0. The molecule has 0 aliphatic rings. The zero-order valence-electron chi connectivity index (χ0n) is 35.6. The molecule has 0 aliphatic heterocycles. The summed E-state index contributed by atoms with van der Waals surface area (Å²) in [4.78, 5) is 36.9. The van der Waals surface area contributed by atoms with Crippen LogP contribution in [0.4, 0.5) is 0 Å². The van der Waals surface area contributed by atoms with Gasteiger partial charge in [-0.25, -0.2) is 4.79 Å². The molecule has 0 saturated heterocycles. The lowest BCUT2D eigenvalue weighted by Crippen LogP contribution is -2.50. The van der Waals surface area contributed by atoms with Crippen molar-refractivity contribution in [3.63, 3.8) is 0 Å². The molecule has 8 heteroatoms. The number of esters is 2. The van der Waals surface area contributed by atoms with Crippen molar-refractivity contribution in [2.75, 3.05) is 41.0 Å². The molecule has 0 aliphatic carbocycles. The second-order valence-electron chi connectivity index (χ2n) is 15.2. The fourth-order valence-corrected chi connectivity index (χ4v) is 5.77. The Bertz CT molecular complexity index is 1130. The topological polar surface area (TPSA) is 99.1 Å². The maximum Gasteiger partial charge on any atom is 0.362 e. The number of rotatable bonds is 37. The zero-order chi connectivity index (χ0) is 40.7. The van der Waals surface area contributed by atoms with E-state index in [4.69, 9.17) is 14.2 Å². The third kappa shape index (κ3) is 36.2. The fraction of sp³-hybridized carbons (Fsp3) is 0.681. The largest absolute Gasteiger partial charge is 0.477 e. The summed E-state index contributed by atoms with van der Waals surface area (Å²) in [7, 11) is 5.49. The van der Waals surface area contributed by atoms with Gasteiger partial charge in [0.05, 0.1) is 34.4 Å². The predicted octanol–water partition coefficient (Wildman–Crippen LogP) is 11.6. The van der Waals surface area contributed by atoms with Crippen LogP contribution in [-0.4, -0.2) is 80.6 Å². The van der Waals surface area contributed by atoms with Crippen LogP contribution in [0, 0.1) is 0 Å². The highest BCUT2D eigenvalue weighted by molar-refractivity contribution is 5.72. The second-order valence-corrected chi connectivity index (χ2v) is 15.2. The first-order chi connectivity index (χ1) is 26.6. The van der Waals surface area contributed by atoms with Crippen molar-refractivity contribution in [1.29, 1.82) is 0 Å². The molecule has 0 amide bonds. The van der Waals surface area contributed by atoms with Crippen LogP contribution in [0.2, 0.25) is 0 Å². The van der Waals surface area contributed by atoms with Crippen LogP contribution >= 0.6 is 0 Å². The molecule has 0 spiro atoms. The average Bonchev–Trinajstić information content (AvgIpc) is 3.14. The standard InChI is InChI=1S/C47H79NO7/c1-6-8-10-12-14-16-18-20-22-23-24-26-28-30-32-34-36-38-46(50)55-43(41-53-40-39-44(47(51)52)48(3,4)5)42-54-45(49)37-35-33-31-29-27-25-21-19-17-15-13-11-9-7-2/h8,10,14,16,20,22,24-27,30,32,43-44H,6-7,9,11-13,15,17-19,21,23,28-29,31,33-42H2,1-5H3/p+1/b10-8+,16-14+,22-20+,26-24+,27-25+,32-30+. The number of carboxylic acid groups (broad SMARTS) is 1. The Morgan fingerprint density at radius 2 is 1.04 bits per heavy atom. The van der Waals surface area contributed by atoms with Gasteiger partial charge < -0.3 is 23.8 Å². The van der Waals surface area contributed by atoms with Crippen LogP contribution in [0.5, 0.6) is 0 Å². The number of carbonyl (C=O) groups excluding carboxylic acids is 2. The molecule has 1 N–H and O–H groups in total. The van der Waals surface area contributed by atoms with E-state index in [2.05, 4.69) is 86.8 Å². The molecule has 0 heterocycles. The van der Waals surface area contributed by atoms with E-state index in [0.29, 0.717) is 19.3 Å². The maximum atomic E-state index is 12.7. The molecule has 0 aromatic heterocycles. The number of likely N-dealkylation sites (N-methyl/N-ethyl adjacent to an activating group) is 1. The Morgan fingerprint density at radius 1 is 0.564 bits per heavy atom. The Kier molecular flexibility index (Phi) is 35.5. The number of hydrogen-bond donors (Lipinski definition) is 1. The summed E-state index contributed by atoms with van der Waals surface area (Å²) in [5, 5.41) is 9.61. The molecule has 55 heavy (non-hydrogen) atoms. The van der Waals surface area contributed by atoms with Crippen molar-refractivity contribution in [3.05, 3.63) is 72.9 Å². The second kappa shape index (κ2) is 37.7. The molecule has 2 unspecified atom stereocenters. The molecule has 0 radical (unpaired) electrons. The van der Waals surface area contributed by atoms with E-state index in [1.165, 1.54) is 44.9 Å². The number of unbranched alkanes of at least 4 members (excludes halogenated alkanes) is 11. The van der Waals surface area contributed by atoms with Crippen molar-refractivity contribution in [2.24, 2.45) is 0 Å². The summed E-state index contributed by atoms with van der Waals surface area (Å²) in [5.41, 5.74) is 0. The first-order valence-electron chi connectivity index (χ1n) is 21.5.